The first-order chi connectivity index (χ1) is 11.2. The van der Waals surface area contributed by atoms with Gasteiger partial charge in [0, 0.05) is 7.11 Å². The molecule has 1 heterocycles. The van der Waals surface area contributed by atoms with Gasteiger partial charge in [0.2, 0.25) is 0 Å². The highest BCUT2D eigenvalue weighted by Crippen LogP contribution is 2.32. The van der Waals surface area contributed by atoms with E-state index >= 15 is 0 Å². The van der Waals surface area contributed by atoms with Crippen molar-refractivity contribution in [2.24, 2.45) is 0 Å². The predicted octanol–water partition coefficient (Wildman–Crippen LogP) is -1.67. The minimum absolute atomic E-state index is 0.0516. The van der Waals surface area contributed by atoms with Crippen LogP contribution < -0.4 is 0 Å². The molecule has 0 bridgehead atoms. The van der Waals surface area contributed by atoms with Crippen LogP contribution in [0.15, 0.2) is 0 Å². The monoisotopic (exact) mass is 432 g/mol. The van der Waals surface area contributed by atoms with Crippen molar-refractivity contribution >= 4 is 31.2 Å². The SMILES string of the molecule is CCC1O[C@H](OC)C(OS(=O)(=O)O)[C@H](OS(=O)(=O)O)[C@@H]1OS(=O)(=O)O. The quantitative estimate of drug-likeness (QED) is 0.366. The van der Waals surface area contributed by atoms with Crippen LogP contribution in [0.3, 0.4) is 0 Å². The molecule has 2 unspecified atom stereocenters. The van der Waals surface area contributed by atoms with Crippen LogP contribution in [0.5, 0.6) is 0 Å². The van der Waals surface area contributed by atoms with Crippen molar-refractivity contribution in [2.45, 2.75) is 44.1 Å². The van der Waals surface area contributed by atoms with E-state index < -0.39 is 61.9 Å². The Kier molecular flexibility index (Phi) is 7.26. The van der Waals surface area contributed by atoms with Crippen molar-refractivity contribution in [3.05, 3.63) is 0 Å². The summed E-state index contributed by atoms with van der Waals surface area (Å²) in [5, 5.41) is 0. The zero-order chi connectivity index (χ0) is 19.6. The first-order valence-electron chi connectivity index (χ1n) is 6.32. The maximum atomic E-state index is 11.0. The van der Waals surface area contributed by atoms with Crippen molar-refractivity contribution in [1.82, 2.24) is 0 Å². The summed E-state index contributed by atoms with van der Waals surface area (Å²) in [4.78, 5) is 0. The van der Waals surface area contributed by atoms with E-state index in [9.17, 15) is 25.3 Å². The lowest BCUT2D eigenvalue weighted by molar-refractivity contribution is -0.275. The van der Waals surface area contributed by atoms with E-state index in [4.69, 9.17) is 23.1 Å². The Morgan fingerprint density at radius 1 is 0.800 bits per heavy atom. The smallest absolute Gasteiger partial charge is 0.353 e. The fourth-order valence-corrected chi connectivity index (χ4v) is 3.64. The molecule has 5 atom stereocenters. The highest BCUT2D eigenvalue weighted by atomic mass is 32.3. The van der Waals surface area contributed by atoms with Crippen LogP contribution in [0.1, 0.15) is 13.3 Å². The Morgan fingerprint density at radius 3 is 1.56 bits per heavy atom. The molecule has 14 nitrogen and oxygen atoms in total. The van der Waals surface area contributed by atoms with Gasteiger partial charge in [-0.1, -0.05) is 6.92 Å². The Morgan fingerprint density at radius 2 is 1.20 bits per heavy atom. The molecule has 25 heavy (non-hydrogen) atoms. The number of hydrogen-bond acceptors (Lipinski definition) is 11. The summed E-state index contributed by atoms with van der Waals surface area (Å²) in [7, 11) is -14.7. The largest absolute Gasteiger partial charge is 0.397 e. The van der Waals surface area contributed by atoms with E-state index in [0.717, 1.165) is 7.11 Å². The number of hydrogen-bond donors (Lipinski definition) is 3. The van der Waals surface area contributed by atoms with E-state index in [1.165, 1.54) is 6.92 Å². The molecule has 150 valence electrons. The van der Waals surface area contributed by atoms with Gasteiger partial charge >= 0.3 is 31.2 Å². The Bertz CT molecular complexity index is 706. The van der Waals surface area contributed by atoms with Crippen LogP contribution in [0.4, 0.5) is 0 Å². The molecule has 0 radical (unpaired) electrons. The van der Waals surface area contributed by atoms with Gasteiger partial charge in [0.1, 0.15) is 12.2 Å². The second-order valence-corrected chi connectivity index (χ2v) is 7.80. The zero-order valence-electron chi connectivity index (χ0n) is 12.7. The molecule has 17 heteroatoms. The van der Waals surface area contributed by atoms with Crippen LogP contribution >= 0.6 is 0 Å². The second kappa shape index (κ2) is 8.05. The highest BCUT2D eigenvalue weighted by Gasteiger charge is 2.53. The van der Waals surface area contributed by atoms with Crippen LogP contribution in [0.2, 0.25) is 0 Å². The first-order valence-corrected chi connectivity index (χ1v) is 10.4. The number of rotatable bonds is 8. The van der Waals surface area contributed by atoms with E-state index in [0.29, 0.717) is 0 Å². The van der Waals surface area contributed by atoms with Gasteiger partial charge in [-0.05, 0) is 6.42 Å². The van der Waals surface area contributed by atoms with E-state index in [2.05, 4.69) is 12.5 Å². The summed E-state index contributed by atoms with van der Waals surface area (Å²) in [5.41, 5.74) is 0. The van der Waals surface area contributed by atoms with Gasteiger partial charge in [-0.2, -0.15) is 25.3 Å². The molecule has 3 N–H and O–H groups in total. The van der Waals surface area contributed by atoms with Crippen molar-refractivity contribution in [3.8, 4) is 0 Å². The molecular formula is C8H16O14S3. The lowest BCUT2D eigenvalue weighted by Crippen LogP contribution is -2.61. The second-order valence-electron chi connectivity index (χ2n) is 4.65. The molecule has 1 saturated heterocycles. The molecule has 0 aromatic heterocycles. The average Bonchev–Trinajstić information content (AvgIpc) is 2.38. The van der Waals surface area contributed by atoms with Crippen LogP contribution in [-0.2, 0) is 53.2 Å². The molecule has 0 amide bonds. The van der Waals surface area contributed by atoms with Crippen molar-refractivity contribution in [3.63, 3.8) is 0 Å². The van der Waals surface area contributed by atoms with Crippen LogP contribution in [0.25, 0.3) is 0 Å². The average molecular weight is 432 g/mol. The molecule has 0 spiro atoms. The van der Waals surface area contributed by atoms with Crippen LogP contribution in [-0.4, -0.2) is 76.7 Å². The van der Waals surface area contributed by atoms with Crippen molar-refractivity contribution < 1.29 is 60.9 Å². The number of ether oxygens (including phenoxy) is 2. The van der Waals surface area contributed by atoms with E-state index in [-0.39, 0.29) is 6.42 Å². The molecule has 1 aliphatic rings. The minimum atomic E-state index is -5.29. The van der Waals surface area contributed by atoms with Gasteiger partial charge < -0.3 is 9.47 Å². The van der Waals surface area contributed by atoms with Gasteiger partial charge in [-0.25, -0.2) is 12.5 Å². The summed E-state index contributed by atoms with van der Waals surface area (Å²) in [5.74, 6) is 0. The third kappa shape index (κ3) is 7.35. The van der Waals surface area contributed by atoms with Crippen LogP contribution in [0, 0.1) is 0 Å². The summed E-state index contributed by atoms with van der Waals surface area (Å²) >= 11 is 0. The summed E-state index contributed by atoms with van der Waals surface area (Å²) in [6.45, 7) is 1.44. The molecule has 1 aliphatic heterocycles. The van der Waals surface area contributed by atoms with Gasteiger partial charge in [-0.3, -0.25) is 13.7 Å². The molecule has 1 fully saturated rings. The zero-order valence-corrected chi connectivity index (χ0v) is 15.1. The summed E-state index contributed by atoms with van der Waals surface area (Å²) in [6.07, 6.45) is -9.36. The molecular weight excluding hydrogens is 416 g/mol. The summed E-state index contributed by atoms with van der Waals surface area (Å²) in [6, 6.07) is 0. The molecule has 0 aliphatic carbocycles. The van der Waals surface area contributed by atoms with Gasteiger partial charge in [0.25, 0.3) is 0 Å². The topological polar surface area (TPSA) is 209 Å². The van der Waals surface area contributed by atoms with E-state index in [1.807, 2.05) is 0 Å². The Balaban J connectivity index is 3.41. The Hall–Kier alpha value is -0.470. The molecule has 0 saturated carbocycles. The number of methoxy groups -OCH3 is 1. The molecule has 0 aromatic carbocycles. The van der Waals surface area contributed by atoms with Crippen molar-refractivity contribution in [2.75, 3.05) is 7.11 Å². The standard InChI is InChI=1S/C8H16O14S3/c1-3-4-5(20-23(9,10)11)6(21-24(12,13)14)7(8(18-2)19-4)22-25(15,16)17/h4-8H,3H2,1-2H3,(H,9,10,11)(H,12,13,14)(H,15,16,17)/t4?,5-,6-,7?,8+/m1/s1. The maximum Gasteiger partial charge on any atom is 0.397 e. The fourth-order valence-electron chi connectivity index (χ4n) is 2.15. The lowest BCUT2D eigenvalue weighted by atomic mass is 9.97. The molecule has 0 aromatic rings. The van der Waals surface area contributed by atoms with Crippen molar-refractivity contribution in [1.29, 1.82) is 0 Å². The first kappa shape index (κ1) is 22.6. The minimum Gasteiger partial charge on any atom is -0.353 e. The maximum absolute atomic E-state index is 11.0. The third-order valence-corrected chi connectivity index (χ3v) is 4.32. The Labute approximate surface area is 143 Å². The van der Waals surface area contributed by atoms with Gasteiger partial charge in [0.05, 0.1) is 6.10 Å². The van der Waals surface area contributed by atoms with Gasteiger partial charge in [-0.15, -0.1) is 0 Å². The lowest BCUT2D eigenvalue weighted by Gasteiger charge is -2.42. The summed E-state index contributed by atoms with van der Waals surface area (Å²) < 4.78 is 115. The predicted molar refractivity (Wildman–Crippen MR) is 75.2 cm³/mol. The van der Waals surface area contributed by atoms with E-state index in [1.54, 1.807) is 0 Å². The van der Waals surface area contributed by atoms with Gasteiger partial charge in [0.15, 0.2) is 12.4 Å². The third-order valence-electron chi connectivity index (χ3n) is 2.92. The molecule has 1 rings (SSSR count). The highest BCUT2D eigenvalue weighted by molar-refractivity contribution is 7.81. The normalized spacial score (nSPS) is 31.8. The fraction of sp³-hybridized carbons (Fsp3) is 1.00.